The molecule has 1 aromatic heterocycles. The van der Waals surface area contributed by atoms with Crippen LogP contribution in [0, 0.1) is 0 Å². The molecule has 0 amide bonds. The highest BCUT2D eigenvalue weighted by molar-refractivity contribution is 7.89. The summed E-state index contributed by atoms with van der Waals surface area (Å²) in [5.74, 6) is 0. The van der Waals surface area contributed by atoms with Crippen LogP contribution < -0.4 is 4.72 Å². The van der Waals surface area contributed by atoms with Crippen molar-refractivity contribution in [3.05, 3.63) is 87.1 Å². The van der Waals surface area contributed by atoms with Crippen molar-refractivity contribution < 1.29 is 8.42 Å². The molecule has 0 saturated heterocycles. The summed E-state index contributed by atoms with van der Waals surface area (Å²) < 4.78 is 28.3. The van der Waals surface area contributed by atoms with Crippen molar-refractivity contribution in [2.24, 2.45) is 0 Å². The number of benzene rings is 2. The Morgan fingerprint density at radius 2 is 1.93 bits per heavy atom. The number of thiophene rings is 1. The lowest BCUT2D eigenvalue weighted by Gasteiger charge is -2.35. The number of rotatable bonds is 6. The molecule has 0 fully saturated rings. The van der Waals surface area contributed by atoms with Gasteiger partial charge in [0.25, 0.3) is 0 Å². The van der Waals surface area contributed by atoms with Crippen LogP contribution in [0.2, 0.25) is 5.02 Å². The van der Waals surface area contributed by atoms with Gasteiger partial charge in [-0.15, -0.1) is 0 Å². The molecule has 0 aliphatic carbocycles. The van der Waals surface area contributed by atoms with Crippen molar-refractivity contribution >= 4 is 33.0 Å². The van der Waals surface area contributed by atoms with E-state index in [0.29, 0.717) is 11.6 Å². The van der Waals surface area contributed by atoms with Crippen LogP contribution in [-0.2, 0) is 23.0 Å². The van der Waals surface area contributed by atoms with Crippen LogP contribution in [0.4, 0.5) is 0 Å². The van der Waals surface area contributed by atoms with E-state index in [4.69, 9.17) is 11.6 Å². The molecule has 1 atom stereocenters. The molecule has 0 bridgehead atoms. The summed E-state index contributed by atoms with van der Waals surface area (Å²) in [5, 5.41) is 4.54. The average Bonchev–Trinajstić information content (AvgIpc) is 3.22. The summed E-state index contributed by atoms with van der Waals surface area (Å²) in [5.41, 5.74) is 3.83. The number of hydrogen-bond donors (Lipinski definition) is 1. The average molecular weight is 433 g/mol. The van der Waals surface area contributed by atoms with Crippen LogP contribution in [0.5, 0.6) is 0 Å². The fraction of sp³-hybridized carbons (Fsp3) is 0.238. The zero-order valence-corrected chi connectivity index (χ0v) is 17.6. The van der Waals surface area contributed by atoms with E-state index in [0.717, 1.165) is 25.1 Å². The lowest BCUT2D eigenvalue weighted by atomic mass is 9.97. The Bertz CT molecular complexity index is 1050. The summed E-state index contributed by atoms with van der Waals surface area (Å²) >= 11 is 7.59. The summed E-state index contributed by atoms with van der Waals surface area (Å²) in [6, 6.07) is 16.9. The van der Waals surface area contributed by atoms with Gasteiger partial charge in [0, 0.05) is 30.7 Å². The van der Waals surface area contributed by atoms with Gasteiger partial charge in [0.1, 0.15) is 0 Å². The Morgan fingerprint density at radius 3 is 2.68 bits per heavy atom. The molecule has 1 N–H and O–H groups in total. The SMILES string of the molecule is O=S(=O)(NC[C@H](c1ccsc1)N1CCc2ccccc2C1)c1cccc(Cl)c1. The second-order valence-electron chi connectivity index (χ2n) is 6.87. The largest absolute Gasteiger partial charge is 0.290 e. The fourth-order valence-electron chi connectivity index (χ4n) is 3.61. The Balaban J connectivity index is 1.55. The van der Waals surface area contributed by atoms with Gasteiger partial charge in [-0.2, -0.15) is 11.3 Å². The lowest BCUT2D eigenvalue weighted by Crippen LogP contribution is -2.40. The quantitative estimate of drug-likeness (QED) is 0.624. The number of fused-ring (bicyclic) bond motifs is 1. The molecular formula is C21H21ClN2O2S2. The monoisotopic (exact) mass is 432 g/mol. The lowest BCUT2D eigenvalue weighted by molar-refractivity contribution is 0.181. The van der Waals surface area contributed by atoms with E-state index in [-0.39, 0.29) is 10.9 Å². The standard InChI is InChI=1S/C21H21ClN2O2S2/c22-19-6-3-7-20(12-19)28(25,26)23-13-21(18-9-11-27-15-18)24-10-8-16-4-1-2-5-17(16)14-24/h1-7,9,11-12,15,21,23H,8,10,13-14H2/t21-/m1/s1. The van der Waals surface area contributed by atoms with E-state index >= 15 is 0 Å². The van der Waals surface area contributed by atoms with Crippen molar-refractivity contribution in [3.63, 3.8) is 0 Å². The van der Waals surface area contributed by atoms with Gasteiger partial charge in [0.05, 0.1) is 4.90 Å². The molecule has 1 aliphatic rings. The Morgan fingerprint density at radius 1 is 1.11 bits per heavy atom. The Hall–Kier alpha value is -1.70. The van der Waals surface area contributed by atoms with Crippen LogP contribution in [0.1, 0.15) is 22.7 Å². The van der Waals surface area contributed by atoms with Crippen molar-refractivity contribution in [1.82, 2.24) is 9.62 Å². The van der Waals surface area contributed by atoms with Crippen LogP contribution in [0.15, 0.2) is 70.3 Å². The van der Waals surface area contributed by atoms with Crippen molar-refractivity contribution in [3.8, 4) is 0 Å². The zero-order valence-electron chi connectivity index (χ0n) is 15.2. The van der Waals surface area contributed by atoms with E-state index in [9.17, 15) is 8.42 Å². The summed E-state index contributed by atoms with van der Waals surface area (Å²) in [6.45, 7) is 2.03. The third-order valence-electron chi connectivity index (χ3n) is 5.10. The van der Waals surface area contributed by atoms with Gasteiger partial charge in [-0.3, -0.25) is 4.90 Å². The molecule has 0 spiro atoms. The fourth-order valence-corrected chi connectivity index (χ4v) is 5.66. The summed E-state index contributed by atoms with van der Waals surface area (Å²) in [6.07, 6.45) is 0.970. The number of nitrogens with zero attached hydrogens (tertiary/aromatic N) is 1. The molecular weight excluding hydrogens is 412 g/mol. The summed E-state index contributed by atoms with van der Waals surface area (Å²) in [7, 11) is -3.63. The first-order valence-electron chi connectivity index (χ1n) is 9.11. The molecule has 0 radical (unpaired) electrons. The van der Waals surface area contributed by atoms with Gasteiger partial charge in [-0.25, -0.2) is 13.1 Å². The molecule has 28 heavy (non-hydrogen) atoms. The highest BCUT2D eigenvalue weighted by atomic mass is 35.5. The van der Waals surface area contributed by atoms with E-state index in [1.165, 1.54) is 17.2 Å². The normalized spacial score (nSPS) is 15.9. The second kappa shape index (κ2) is 8.35. The van der Waals surface area contributed by atoms with Crippen LogP contribution in [0.25, 0.3) is 0 Å². The molecule has 146 valence electrons. The zero-order chi connectivity index (χ0) is 19.6. The predicted molar refractivity (Wildman–Crippen MR) is 114 cm³/mol. The predicted octanol–water partition coefficient (Wildman–Crippen LogP) is 4.48. The first-order chi connectivity index (χ1) is 13.5. The second-order valence-corrected chi connectivity index (χ2v) is 9.85. The van der Waals surface area contributed by atoms with Gasteiger partial charge < -0.3 is 0 Å². The minimum Gasteiger partial charge on any atom is -0.290 e. The molecule has 2 heterocycles. The molecule has 7 heteroatoms. The van der Waals surface area contributed by atoms with E-state index in [1.807, 2.05) is 5.38 Å². The van der Waals surface area contributed by atoms with Crippen LogP contribution >= 0.6 is 22.9 Å². The Labute approximate surface area is 174 Å². The van der Waals surface area contributed by atoms with Gasteiger partial charge in [0.2, 0.25) is 10.0 Å². The highest BCUT2D eigenvalue weighted by Gasteiger charge is 2.27. The molecule has 1 aliphatic heterocycles. The van der Waals surface area contributed by atoms with E-state index in [1.54, 1.807) is 29.5 Å². The Kier molecular flexibility index (Phi) is 5.85. The molecule has 2 aromatic carbocycles. The smallest absolute Gasteiger partial charge is 0.240 e. The van der Waals surface area contributed by atoms with Crippen molar-refractivity contribution in [2.75, 3.05) is 13.1 Å². The minimum atomic E-state index is -3.63. The molecule has 3 aromatic rings. The van der Waals surface area contributed by atoms with E-state index < -0.39 is 10.0 Å². The van der Waals surface area contributed by atoms with Gasteiger partial charge in [-0.05, 0) is 58.1 Å². The highest BCUT2D eigenvalue weighted by Crippen LogP contribution is 2.29. The maximum Gasteiger partial charge on any atom is 0.240 e. The maximum absolute atomic E-state index is 12.8. The number of sulfonamides is 1. The van der Waals surface area contributed by atoms with Gasteiger partial charge in [0.15, 0.2) is 0 Å². The van der Waals surface area contributed by atoms with E-state index in [2.05, 4.69) is 45.3 Å². The number of nitrogens with one attached hydrogen (secondary N) is 1. The first kappa shape index (κ1) is 19.6. The van der Waals surface area contributed by atoms with Gasteiger partial charge >= 0.3 is 0 Å². The maximum atomic E-state index is 12.8. The molecule has 4 nitrogen and oxygen atoms in total. The van der Waals surface area contributed by atoms with Crippen LogP contribution in [-0.4, -0.2) is 26.4 Å². The topological polar surface area (TPSA) is 49.4 Å². The molecule has 4 rings (SSSR count). The number of halogens is 1. The minimum absolute atomic E-state index is 0.0198. The molecule has 0 unspecified atom stereocenters. The molecule has 0 saturated carbocycles. The van der Waals surface area contributed by atoms with Crippen molar-refractivity contribution in [2.45, 2.75) is 23.9 Å². The third kappa shape index (κ3) is 4.31. The third-order valence-corrected chi connectivity index (χ3v) is 7.46. The first-order valence-corrected chi connectivity index (χ1v) is 11.9. The van der Waals surface area contributed by atoms with Gasteiger partial charge in [-0.1, -0.05) is 41.9 Å². The van der Waals surface area contributed by atoms with Crippen LogP contribution in [0.3, 0.4) is 0 Å². The number of hydrogen-bond acceptors (Lipinski definition) is 4. The summed E-state index contributed by atoms with van der Waals surface area (Å²) in [4.78, 5) is 2.54. The van der Waals surface area contributed by atoms with Crippen molar-refractivity contribution in [1.29, 1.82) is 0 Å².